The third-order valence-electron chi connectivity index (χ3n) is 9.13. The van der Waals surface area contributed by atoms with Crippen LogP contribution in [0.15, 0.2) is 115 Å². The number of benzene rings is 6. The molecule has 6 aromatic carbocycles. The second-order valence-corrected chi connectivity index (χ2v) is 11.3. The second kappa shape index (κ2) is 6.82. The van der Waals surface area contributed by atoms with Gasteiger partial charge in [-0.3, -0.25) is 0 Å². The molecule has 9 rings (SSSR count). The van der Waals surface area contributed by atoms with Gasteiger partial charge < -0.3 is 4.57 Å². The van der Waals surface area contributed by atoms with Crippen LogP contribution < -0.4 is 0 Å². The number of nitrogens with zero attached hydrogens (tertiary/aromatic N) is 1. The van der Waals surface area contributed by atoms with Gasteiger partial charge >= 0.3 is 0 Å². The molecule has 0 amide bonds. The average Bonchev–Trinajstić information content (AvgIpc) is 3.54. The van der Waals surface area contributed by atoms with Crippen molar-refractivity contribution in [2.45, 2.75) is 19.3 Å². The lowest BCUT2D eigenvalue weighted by atomic mass is 9.82. The number of hydrogen-bond acceptors (Lipinski definition) is 0. The van der Waals surface area contributed by atoms with Crippen LogP contribution >= 0.6 is 0 Å². The first-order valence-corrected chi connectivity index (χ1v) is 13.5. The fourth-order valence-electron chi connectivity index (χ4n) is 7.43. The van der Waals surface area contributed by atoms with Crippen molar-refractivity contribution >= 4 is 32.6 Å². The lowest BCUT2D eigenvalue weighted by Gasteiger charge is -2.21. The minimum Gasteiger partial charge on any atom is -0.309 e. The summed E-state index contributed by atoms with van der Waals surface area (Å²) in [7, 11) is 0. The van der Waals surface area contributed by atoms with E-state index in [0.29, 0.717) is 0 Å². The standard InChI is InChI=1S/C37H25N/c1-37(2)31-15-5-3-12-29(31)35-32(37)20-19-28-25-11-4-6-16-33(25)38(36(28)35)23-17-18-24-26-13-7-9-22-10-8-14-27(34(22)26)30(24)21-23/h3-21H,1-2H3. The topological polar surface area (TPSA) is 4.93 Å². The van der Waals surface area contributed by atoms with Gasteiger partial charge in [0.25, 0.3) is 0 Å². The summed E-state index contributed by atoms with van der Waals surface area (Å²) in [5.41, 5.74) is 14.7. The molecule has 0 radical (unpaired) electrons. The Labute approximate surface area is 221 Å². The molecule has 1 heteroatoms. The highest BCUT2D eigenvalue weighted by Crippen LogP contribution is 2.53. The highest BCUT2D eigenvalue weighted by molar-refractivity contribution is 6.17. The van der Waals surface area contributed by atoms with Crippen LogP contribution in [0.2, 0.25) is 0 Å². The van der Waals surface area contributed by atoms with Gasteiger partial charge in [-0.15, -0.1) is 0 Å². The summed E-state index contributed by atoms with van der Waals surface area (Å²) in [6.45, 7) is 4.73. The van der Waals surface area contributed by atoms with E-state index in [1.165, 1.54) is 82.8 Å². The Morgan fingerprint density at radius 2 is 1.26 bits per heavy atom. The normalized spacial score (nSPS) is 14.3. The summed E-state index contributed by atoms with van der Waals surface area (Å²) in [6.07, 6.45) is 0. The largest absolute Gasteiger partial charge is 0.309 e. The molecule has 1 heterocycles. The van der Waals surface area contributed by atoms with E-state index in [1.807, 2.05) is 0 Å². The number of para-hydroxylation sites is 1. The van der Waals surface area contributed by atoms with Crippen LogP contribution in [0.1, 0.15) is 25.0 Å². The fourth-order valence-corrected chi connectivity index (χ4v) is 7.43. The molecule has 0 aliphatic heterocycles. The third-order valence-corrected chi connectivity index (χ3v) is 9.13. The molecule has 0 spiro atoms. The van der Waals surface area contributed by atoms with Gasteiger partial charge in [-0.2, -0.15) is 0 Å². The van der Waals surface area contributed by atoms with E-state index in [9.17, 15) is 0 Å². The minimum absolute atomic E-state index is 0.0311. The molecule has 0 saturated carbocycles. The lowest BCUT2D eigenvalue weighted by Crippen LogP contribution is -2.14. The summed E-state index contributed by atoms with van der Waals surface area (Å²) in [4.78, 5) is 0. The van der Waals surface area contributed by atoms with Gasteiger partial charge in [-0.1, -0.05) is 111 Å². The third kappa shape index (κ3) is 2.33. The maximum absolute atomic E-state index is 2.52. The Hall–Kier alpha value is -4.62. The SMILES string of the molecule is CC1(C)c2ccccc2-c2c1ccc1c3ccccc3n(-c3ccc4c(c3)-c3cccc5cccc-4c35)c21. The molecule has 0 saturated heterocycles. The van der Waals surface area contributed by atoms with Crippen molar-refractivity contribution in [1.82, 2.24) is 4.57 Å². The van der Waals surface area contributed by atoms with Gasteiger partial charge in [0.15, 0.2) is 0 Å². The molecule has 1 aromatic heterocycles. The van der Waals surface area contributed by atoms with E-state index in [1.54, 1.807) is 0 Å². The number of fused-ring (bicyclic) bond motifs is 10. The Morgan fingerprint density at radius 1 is 0.526 bits per heavy atom. The van der Waals surface area contributed by atoms with E-state index < -0.39 is 0 Å². The Balaban J connectivity index is 1.42. The zero-order valence-corrected chi connectivity index (χ0v) is 21.4. The second-order valence-electron chi connectivity index (χ2n) is 11.3. The zero-order chi connectivity index (χ0) is 25.2. The Morgan fingerprint density at radius 3 is 2.13 bits per heavy atom. The maximum atomic E-state index is 2.52. The Kier molecular flexibility index (Phi) is 3.67. The number of rotatable bonds is 1. The molecule has 0 N–H and O–H groups in total. The van der Waals surface area contributed by atoms with Crippen molar-refractivity contribution < 1.29 is 0 Å². The molecule has 178 valence electrons. The first-order chi connectivity index (χ1) is 18.6. The summed E-state index contributed by atoms with van der Waals surface area (Å²) in [5, 5.41) is 5.31. The van der Waals surface area contributed by atoms with E-state index in [-0.39, 0.29) is 5.41 Å². The summed E-state index contributed by atoms with van der Waals surface area (Å²) in [6, 6.07) is 43.0. The van der Waals surface area contributed by atoms with Gasteiger partial charge in [0, 0.05) is 27.4 Å². The first kappa shape index (κ1) is 20.4. The molecular weight excluding hydrogens is 458 g/mol. The van der Waals surface area contributed by atoms with Crippen LogP contribution in [-0.2, 0) is 5.41 Å². The van der Waals surface area contributed by atoms with Crippen molar-refractivity contribution in [1.29, 1.82) is 0 Å². The predicted octanol–water partition coefficient (Wildman–Crippen LogP) is 9.89. The summed E-state index contributed by atoms with van der Waals surface area (Å²) in [5.74, 6) is 0. The maximum Gasteiger partial charge on any atom is 0.0622 e. The van der Waals surface area contributed by atoms with Gasteiger partial charge in [-0.25, -0.2) is 0 Å². The highest BCUT2D eigenvalue weighted by atomic mass is 15.0. The molecule has 0 unspecified atom stereocenters. The van der Waals surface area contributed by atoms with Crippen LogP contribution in [0.3, 0.4) is 0 Å². The van der Waals surface area contributed by atoms with E-state index >= 15 is 0 Å². The van der Waals surface area contributed by atoms with Gasteiger partial charge in [0.2, 0.25) is 0 Å². The quantitative estimate of drug-likeness (QED) is 0.219. The molecule has 7 aromatic rings. The van der Waals surface area contributed by atoms with Crippen molar-refractivity contribution in [3.8, 4) is 39.1 Å². The molecule has 1 nitrogen and oxygen atoms in total. The van der Waals surface area contributed by atoms with Crippen LogP contribution in [0, 0.1) is 0 Å². The highest BCUT2D eigenvalue weighted by Gasteiger charge is 2.37. The average molecular weight is 484 g/mol. The monoisotopic (exact) mass is 483 g/mol. The molecule has 0 atom stereocenters. The molecule has 2 aliphatic rings. The number of hydrogen-bond donors (Lipinski definition) is 0. The fraction of sp³-hybridized carbons (Fsp3) is 0.0811. The predicted molar refractivity (Wildman–Crippen MR) is 160 cm³/mol. The summed E-state index contributed by atoms with van der Waals surface area (Å²) >= 11 is 0. The zero-order valence-electron chi connectivity index (χ0n) is 21.4. The van der Waals surface area contributed by atoms with Crippen LogP contribution in [0.5, 0.6) is 0 Å². The van der Waals surface area contributed by atoms with Crippen molar-refractivity contribution in [3.05, 3.63) is 126 Å². The number of aromatic nitrogens is 1. The minimum atomic E-state index is -0.0311. The lowest BCUT2D eigenvalue weighted by molar-refractivity contribution is 0.661. The van der Waals surface area contributed by atoms with Crippen molar-refractivity contribution in [3.63, 3.8) is 0 Å². The van der Waals surface area contributed by atoms with Crippen molar-refractivity contribution in [2.75, 3.05) is 0 Å². The van der Waals surface area contributed by atoms with Crippen LogP contribution in [-0.4, -0.2) is 4.57 Å². The summed E-state index contributed by atoms with van der Waals surface area (Å²) < 4.78 is 2.52. The van der Waals surface area contributed by atoms with E-state index in [0.717, 1.165) is 0 Å². The van der Waals surface area contributed by atoms with E-state index in [4.69, 9.17) is 0 Å². The Bertz CT molecular complexity index is 2150. The molecule has 2 aliphatic carbocycles. The van der Waals surface area contributed by atoms with Crippen LogP contribution in [0.25, 0.3) is 71.6 Å². The molecule has 0 fully saturated rings. The molecule has 0 bridgehead atoms. The molecular formula is C37H25N. The first-order valence-electron chi connectivity index (χ1n) is 13.5. The van der Waals surface area contributed by atoms with Crippen LogP contribution in [0.4, 0.5) is 0 Å². The molecule has 38 heavy (non-hydrogen) atoms. The van der Waals surface area contributed by atoms with Crippen molar-refractivity contribution in [2.24, 2.45) is 0 Å². The van der Waals surface area contributed by atoms with Gasteiger partial charge in [0.1, 0.15) is 0 Å². The van der Waals surface area contributed by atoms with Gasteiger partial charge in [-0.05, 0) is 67.9 Å². The van der Waals surface area contributed by atoms with Gasteiger partial charge in [0.05, 0.1) is 11.0 Å². The smallest absolute Gasteiger partial charge is 0.0622 e. The van der Waals surface area contributed by atoms with E-state index in [2.05, 4.69) is 134 Å².